The summed E-state index contributed by atoms with van der Waals surface area (Å²) in [6.45, 7) is 1.92. The van der Waals surface area contributed by atoms with E-state index in [-0.39, 0.29) is 11.5 Å². The molecule has 6 nitrogen and oxygen atoms in total. The van der Waals surface area contributed by atoms with E-state index >= 15 is 0 Å². The maximum atomic E-state index is 12.8. The predicted octanol–water partition coefficient (Wildman–Crippen LogP) is 3.67. The van der Waals surface area contributed by atoms with Crippen LogP contribution in [-0.4, -0.2) is 28.8 Å². The molecule has 0 aliphatic carbocycles. The van der Waals surface area contributed by atoms with E-state index in [1.54, 1.807) is 13.0 Å². The Labute approximate surface area is 172 Å². The van der Waals surface area contributed by atoms with Gasteiger partial charge in [0.15, 0.2) is 0 Å². The van der Waals surface area contributed by atoms with Crippen molar-refractivity contribution in [3.05, 3.63) is 41.2 Å². The highest BCUT2D eigenvalue weighted by atomic mass is 79.9. The molecule has 0 spiro atoms. The molecule has 1 N–H and O–H groups in total. The number of halogens is 2. The number of aromatic nitrogens is 1. The number of H-pyrrole nitrogens is 1. The number of ether oxygens (including phenoxy) is 2. The Morgan fingerprint density at radius 3 is 2.85 bits per heavy atom. The Balaban J connectivity index is 1.95. The first-order chi connectivity index (χ1) is 12.4. The van der Waals surface area contributed by atoms with Crippen LogP contribution in [-0.2, 0) is 14.3 Å². The molecular weight excluding hydrogens is 510 g/mol. The predicted molar refractivity (Wildman–Crippen MR) is 104 cm³/mol. The molecule has 136 valence electrons. The topological polar surface area (TPSA) is 85.5 Å². The van der Waals surface area contributed by atoms with Crippen molar-refractivity contribution in [1.82, 2.24) is 4.98 Å². The molecule has 2 aliphatic rings. The van der Waals surface area contributed by atoms with Crippen molar-refractivity contribution in [3.8, 4) is 5.75 Å². The van der Waals surface area contributed by atoms with Gasteiger partial charge in [0.2, 0.25) is 0 Å². The molecule has 1 aromatic carbocycles. The molecule has 0 amide bonds. The number of fused-ring (bicyclic) bond motifs is 5. The van der Waals surface area contributed by atoms with Gasteiger partial charge in [-0.3, -0.25) is 14.4 Å². The van der Waals surface area contributed by atoms with Gasteiger partial charge in [-0.1, -0.05) is 39.0 Å². The minimum atomic E-state index is -0.781. The van der Waals surface area contributed by atoms with Gasteiger partial charge in [0, 0.05) is 20.8 Å². The van der Waals surface area contributed by atoms with E-state index in [4.69, 9.17) is 9.47 Å². The van der Waals surface area contributed by atoms with Crippen LogP contribution in [0.15, 0.2) is 30.9 Å². The van der Waals surface area contributed by atoms with E-state index in [0.717, 1.165) is 38.0 Å². The summed E-state index contributed by atoms with van der Waals surface area (Å²) in [7, 11) is 0. The van der Waals surface area contributed by atoms with Gasteiger partial charge in [-0.25, -0.2) is 0 Å². The number of rotatable bonds is 2. The number of thioether (sulfide) groups is 1. The second kappa shape index (κ2) is 6.81. The smallest absolute Gasteiger partial charge is 0.320 e. The first kappa shape index (κ1) is 18.3. The van der Waals surface area contributed by atoms with Gasteiger partial charge in [0.05, 0.1) is 22.0 Å². The Kier molecular flexibility index (Phi) is 4.79. The summed E-state index contributed by atoms with van der Waals surface area (Å²) >= 11 is 9.09. The summed E-state index contributed by atoms with van der Waals surface area (Å²) in [5.41, 5.74) is 0.752. The fourth-order valence-electron chi connectivity index (χ4n) is 3.26. The zero-order chi connectivity index (χ0) is 18.6. The highest BCUT2D eigenvalue weighted by Gasteiger charge is 2.52. The zero-order valence-corrected chi connectivity index (χ0v) is 18.0. The van der Waals surface area contributed by atoms with Crippen LogP contribution < -0.4 is 9.61 Å². The number of aromatic amines is 1. The first-order valence-electron chi connectivity index (χ1n) is 7.67. The third-order valence-corrected chi connectivity index (χ3v) is 7.66. The third kappa shape index (κ3) is 2.87. The van der Waals surface area contributed by atoms with E-state index in [1.165, 1.54) is 0 Å². The van der Waals surface area contributed by atoms with Crippen molar-refractivity contribution < 1.29 is 19.1 Å². The van der Waals surface area contributed by atoms with Gasteiger partial charge < -0.3 is 14.5 Å². The summed E-state index contributed by atoms with van der Waals surface area (Å²) in [4.78, 5) is 40.6. The lowest BCUT2D eigenvalue weighted by Gasteiger charge is -2.38. The lowest BCUT2D eigenvalue weighted by molar-refractivity contribution is -0.150. The van der Waals surface area contributed by atoms with Gasteiger partial charge >= 0.3 is 16.8 Å². The van der Waals surface area contributed by atoms with Gasteiger partial charge in [0.25, 0.3) is 0 Å². The molecular formula is C16H11Br2NO5S2. The largest absolute Gasteiger partial charge is 0.465 e. The molecule has 0 saturated carbocycles. The van der Waals surface area contributed by atoms with Gasteiger partial charge in [0.1, 0.15) is 11.0 Å². The van der Waals surface area contributed by atoms with Crippen LogP contribution in [0.4, 0.5) is 0 Å². The Hall–Kier alpha value is -1.10. The Morgan fingerprint density at radius 2 is 2.12 bits per heavy atom. The van der Waals surface area contributed by atoms with Crippen molar-refractivity contribution in [1.29, 1.82) is 0 Å². The zero-order valence-electron chi connectivity index (χ0n) is 13.2. The lowest BCUT2D eigenvalue weighted by Crippen LogP contribution is -2.44. The molecule has 3 heterocycles. The second-order valence-corrected chi connectivity index (χ2v) is 9.67. The van der Waals surface area contributed by atoms with E-state index in [9.17, 15) is 14.4 Å². The Morgan fingerprint density at radius 1 is 1.35 bits per heavy atom. The van der Waals surface area contributed by atoms with Crippen LogP contribution >= 0.6 is 55.0 Å². The fraction of sp³-hybridized carbons (Fsp3) is 0.312. The molecule has 0 bridgehead atoms. The maximum absolute atomic E-state index is 12.8. The van der Waals surface area contributed by atoms with E-state index < -0.39 is 29.0 Å². The summed E-state index contributed by atoms with van der Waals surface area (Å²) in [5, 5.41) is -0.174. The first-order valence-corrected chi connectivity index (χ1v) is 11.0. The lowest BCUT2D eigenvalue weighted by atomic mass is 9.80. The number of nitrogens with one attached hydrogen (secondary N) is 1. The van der Waals surface area contributed by atoms with Crippen LogP contribution in [0, 0.1) is 5.92 Å². The minimum absolute atomic E-state index is 0.211. The summed E-state index contributed by atoms with van der Waals surface area (Å²) in [6, 6.07) is 3.64. The van der Waals surface area contributed by atoms with Gasteiger partial charge in [-0.2, -0.15) is 0 Å². The van der Waals surface area contributed by atoms with Crippen molar-refractivity contribution in [2.45, 2.75) is 23.1 Å². The van der Waals surface area contributed by atoms with Crippen molar-refractivity contribution in [2.24, 2.45) is 5.92 Å². The van der Waals surface area contributed by atoms with E-state index in [2.05, 4.69) is 36.8 Å². The van der Waals surface area contributed by atoms with E-state index in [1.807, 2.05) is 6.07 Å². The van der Waals surface area contributed by atoms with Crippen molar-refractivity contribution >= 4 is 66.9 Å². The normalized spacial score (nSPS) is 23.5. The molecule has 0 fully saturated rings. The van der Waals surface area contributed by atoms with Crippen molar-refractivity contribution in [2.75, 3.05) is 6.61 Å². The SMILES string of the molecule is CCOC(=O)[C@@H]1Sc2[nH]c(=O)sc2[C@@H]2c3cc(Br)cc(Br)c3OC(=O)[C@@H]21. The monoisotopic (exact) mass is 519 g/mol. The third-order valence-electron chi connectivity index (χ3n) is 4.22. The maximum Gasteiger partial charge on any atom is 0.320 e. The highest BCUT2D eigenvalue weighted by Crippen LogP contribution is 2.55. The number of hydrogen-bond acceptors (Lipinski definition) is 7. The average Bonchev–Trinajstić information content (AvgIpc) is 2.95. The molecule has 10 heteroatoms. The summed E-state index contributed by atoms with van der Waals surface area (Å²) in [6.07, 6.45) is 0. The van der Waals surface area contributed by atoms with Gasteiger partial charge in [-0.05, 0) is 35.0 Å². The second-order valence-electron chi connectivity index (χ2n) is 5.73. The number of benzene rings is 1. The van der Waals surface area contributed by atoms with Crippen LogP contribution in [0.2, 0.25) is 0 Å². The average molecular weight is 521 g/mol. The molecule has 4 rings (SSSR count). The molecule has 3 atom stereocenters. The van der Waals surface area contributed by atoms with E-state index in [0.29, 0.717) is 15.2 Å². The van der Waals surface area contributed by atoms with Crippen LogP contribution in [0.25, 0.3) is 0 Å². The molecule has 0 saturated heterocycles. The molecule has 1 aromatic heterocycles. The summed E-state index contributed by atoms with van der Waals surface area (Å²) < 4.78 is 12.1. The highest BCUT2D eigenvalue weighted by molar-refractivity contribution is 9.11. The number of hydrogen-bond donors (Lipinski definition) is 1. The number of carbonyl (C=O) groups excluding carboxylic acids is 2. The van der Waals surface area contributed by atoms with Gasteiger partial charge in [-0.15, -0.1) is 0 Å². The molecule has 2 aliphatic heterocycles. The van der Waals surface area contributed by atoms with Crippen LogP contribution in [0.1, 0.15) is 23.3 Å². The minimum Gasteiger partial charge on any atom is -0.465 e. The molecule has 0 radical (unpaired) electrons. The molecule has 2 aromatic rings. The quantitative estimate of drug-likeness (QED) is 0.480. The van der Waals surface area contributed by atoms with Crippen LogP contribution in [0.3, 0.4) is 0 Å². The Bertz CT molecular complexity index is 986. The summed E-state index contributed by atoms with van der Waals surface area (Å²) in [5.74, 6) is -1.77. The molecule has 0 unspecified atom stereocenters. The number of esters is 2. The van der Waals surface area contributed by atoms with Crippen molar-refractivity contribution in [3.63, 3.8) is 0 Å². The number of thiazole rings is 1. The standard InChI is InChI=1S/C16H11Br2NO5S2/c1-2-23-15(21)12-9-8(11-13(25-12)19-16(22)26-11)6-3-5(17)4-7(18)10(6)24-14(9)20/h3-4,8-9,12H,2H2,1H3,(H,19,22)/t8-,9+,12-/m1/s1. The fourth-order valence-corrected chi connectivity index (χ4v) is 7.06. The molecule has 26 heavy (non-hydrogen) atoms. The van der Waals surface area contributed by atoms with Crippen LogP contribution in [0.5, 0.6) is 5.75 Å². The number of carbonyl (C=O) groups is 2.